The largest absolute Gasteiger partial charge is 0.462 e. The van der Waals surface area contributed by atoms with Crippen molar-refractivity contribution in [3.63, 3.8) is 0 Å². The van der Waals surface area contributed by atoms with Crippen LogP contribution in [0, 0.1) is 12.3 Å². The van der Waals surface area contributed by atoms with Gasteiger partial charge in [-0.2, -0.15) is 9.61 Å². The molecule has 0 fully saturated rings. The highest BCUT2D eigenvalue weighted by atomic mass is 32.2. The van der Waals surface area contributed by atoms with Crippen LogP contribution in [0.4, 0.5) is 0 Å². The first-order valence-corrected chi connectivity index (χ1v) is 7.12. The molecule has 2 rings (SSSR count). The fourth-order valence-corrected chi connectivity index (χ4v) is 2.16. The zero-order valence-electron chi connectivity index (χ0n) is 11.1. The lowest BCUT2D eigenvalue weighted by atomic mass is 10.3. The minimum atomic E-state index is -0.675. The molecule has 6 nitrogen and oxygen atoms in total. The normalized spacial score (nSPS) is 10.4. The Labute approximate surface area is 119 Å². The van der Waals surface area contributed by atoms with Crippen molar-refractivity contribution in [3.05, 3.63) is 28.2 Å². The standard InChI is InChI=1S/C13H13N3O3S/c1-4-6-15-8-9(13(18)19-5-2)12(17)16-11(15)7-10(14-16)20-3/h1,7-8H,5-6H2,2-3H3. The Kier molecular flexibility index (Phi) is 4.15. The molecule has 2 heterocycles. The summed E-state index contributed by atoms with van der Waals surface area (Å²) in [5, 5.41) is 4.82. The van der Waals surface area contributed by atoms with Crippen LogP contribution in [0.15, 0.2) is 22.1 Å². The van der Waals surface area contributed by atoms with E-state index in [2.05, 4.69) is 11.0 Å². The molecule has 0 atom stereocenters. The fourth-order valence-electron chi connectivity index (χ4n) is 1.77. The molecule has 2 aromatic heterocycles. The van der Waals surface area contributed by atoms with Crippen LogP contribution in [0.2, 0.25) is 0 Å². The lowest BCUT2D eigenvalue weighted by Crippen LogP contribution is -2.27. The van der Waals surface area contributed by atoms with Crippen LogP contribution in [0.5, 0.6) is 0 Å². The third kappa shape index (κ3) is 2.42. The van der Waals surface area contributed by atoms with Crippen molar-refractivity contribution in [2.45, 2.75) is 18.5 Å². The molecule has 0 aliphatic rings. The maximum atomic E-state index is 12.3. The van der Waals surface area contributed by atoms with E-state index in [1.807, 2.05) is 6.26 Å². The van der Waals surface area contributed by atoms with Crippen molar-refractivity contribution in [2.24, 2.45) is 0 Å². The number of terminal acetylenes is 1. The van der Waals surface area contributed by atoms with Gasteiger partial charge < -0.3 is 9.30 Å². The number of fused-ring (bicyclic) bond motifs is 1. The van der Waals surface area contributed by atoms with Crippen LogP contribution in [0.3, 0.4) is 0 Å². The number of esters is 1. The summed E-state index contributed by atoms with van der Waals surface area (Å²) in [4.78, 5) is 24.1. The summed E-state index contributed by atoms with van der Waals surface area (Å²) in [6.45, 7) is 2.10. The SMILES string of the molecule is C#CCn1cc(C(=O)OCC)c(=O)n2nc(SC)cc12. The van der Waals surface area contributed by atoms with Gasteiger partial charge in [0.15, 0.2) is 0 Å². The van der Waals surface area contributed by atoms with E-state index in [1.165, 1.54) is 22.5 Å². The Morgan fingerprint density at radius 1 is 1.60 bits per heavy atom. The Hall–Kier alpha value is -2.20. The summed E-state index contributed by atoms with van der Waals surface area (Å²) in [7, 11) is 0. The van der Waals surface area contributed by atoms with Crippen LogP contribution in [-0.4, -0.2) is 33.0 Å². The van der Waals surface area contributed by atoms with Gasteiger partial charge in [0.05, 0.1) is 13.2 Å². The van der Waals surface area contributed by atoms with Gasteiger partial charge in [-0.1, -0.05) is 5.92 Å². The molecule has 0 saturated heterocycles. The molecule has 104 valence electrons. The molecular weight excluding hydrogens is 278 g/mol. The summed E-state index contributed by atoms with van der Waals surface area (Å²) in [5.41, 5.74) is -0.0391. The van der Waals surface area contributed by atoms with E-state index < -0.39 is 11.5 Å². The minimum absolute atomic E-state index is 0.0784. The van der Waals surface area contributed by atoms with Gasteiger partial charge in [0.2, 0.25) is 0 Å². The van der Waals surface area contributed by atoms with Crippen molar-refractivity contribution in [2.75, 3.05) is 12.9 Å². The summed E-state index contributed by atoms with van der Waals surface area (Å²) in [6.07, 6.45) is 8.58. The monoisotopic (exact) mass is 291 g/mol. The smallest absolute Gasteiger partial charge is 0.345 e. The number of rotatable bonds is 4. The average Bonchev–Trinajstić information content (AvgIpc) is 2.87. The van der Waals surface area contributed by atoms with Crippen LogP contribution in [0.25, 0.3) is 5.65 Å². The van der Waals surface area contributed by atoms with Gasteiger partial charge in [-0.25, -0.2) is 4.79 Å². The summed E-state index contributed by atoms with van der Waals surface area (Å²) in [5.74, 6) is 1.81. The third-order valence-corrected chi connectivity index (χ3v) is 3.25. The number of aromatic nitrogens is 3. The van der Waals surface area contributed by atoms with Gasteiger partial charge in [0.1, 0.15) is 16.2 Å². The van der Waals surface area contributed by atoms with Gasteiger partial charge in [-0.3, -0.25) is 4.79 Å². The Balaban J connectivity index is 2.72. The summed E-state index contributed by atoms with van der Waals surface area (Å²) < 4.78 is 7.68. The van der Waals surface area contributed by atoms with Gasteiger partial charge >= 0.3 is 5.97 Å². The second-order valence-corrected chi connectivity index (χ2v) is 4.68. The molecule has 0 amide bonds. The van der Waals surface area contributed by atoms with Crippen LogP contribution < -0.4 is 5.56 Å². The number of thioether (sulfide) groups is 1. The van der Waals surface area contributed by atoms with Crippen molar-refractivity contribution in [3.8, 4) is 12.3 Å². The fraction of sp³-hybridized carbons (Fsp3) is 0.308. The number of nitrogens with zero attached hydrogens (tertiary/aromatic N) is 3. The molecule has 0 unspecified atom stereocenters. The molecule has 0 N–H and O–H groups in total. The Morgan fingerprint density at radius 3 is 2.95 bits per heavy atom. The van der Waals surface area contributed by atoms with Crippen molar-refractivity contribution in [1.29, 1.82) is 0 Å². The summed E-state index contributed by atoms with van der Waals surface area (Å²) >= 11 is 1.40. The molecular formula is C13H13N3O3S. The van der Waals surface area contributed by atoms with E-state index in [-0.39, 0.29) is 18.7 Å². The van der Waals surface area contributed by atoms with Crippen molar-refractivity contribution < 1.29 is 9.53 Å². The zero-order chi connectivity index (χ0) is 14.7. The second kappa shape index (κ2) is 5.84. The highest BCUT2D eigenvalue weighted by Gasteiger charge is 2.18. The topological polar surface area (TPSA) is 65.6 Å². The molecule has 7 heteroatoms. The highest BCUT2D eigenvalue weighted by Crippen LogP contribution is 2.15. The first-order chi connectivity index (χ1) is 9.62. The third-order valence-electron chi connectivity index (χ3n) is 2.64. The van der Waals surface area contributed by atoms with E-state index in [0.717, 1.165) is 0 Å². The molecule has 0 spiro atoms. The van der Waals surface area contributed by atoms with Crippen LogP contribution in [-0.2, 0) is 11.3 Å². The quantitative estimate of drug-likeness (QED) is 0.478. The first kappa shape index (κ1) is 14.2. The van der Waals surface area contributed by atoms with E-state index in [4.69, 9.17) is 11.2 Å². The lowest BCUT2D eigenvalue weighted by Gasteiger charge is -2.07. The minimum Gasteiger partial charge on any atom is -0.462 e. The number of carbonyl (C=O) groups excluding carboxylic acids is 1. The van der Waals surface area contributed by atoms with E-state index in [1.54, 1.807) is 17.6 Å². The van der Waals surface area contributed by atoms with Gasteiger partial charge in [0, 0.05) is 12.3 Å². The van der Waals surface area contributed by atoms with Crippen molar-refractivity contribution >= 4 is 23.4 Å². The molecule has 20 heavy (non-hydrogen) atoms. The maximum Gasteiger partial charge on any atom is 0.345 e. The predicted molar refractivity (Wildman–Crippen MR) is 76.0 cm³/mol. The molecule has 0 aromatic carbocycles. The first-order valence-electron chi connectivity index (χ1n) is 5.90. The number of ether oxygens (including phenoxy) is 1. The zero-order valence-corrected chi connectivity index (χ0v) is 11.9. The molecule has 0 saturated carbocycles. The maximum absolute atomic E-state index is 12.3. The van der Waals surface area contributed by atoms with Crippen LogP contribution >= 0.6 is 11.8 Å². The molecule has 0 aliphatic heterocycles. The number of carbonyl (C=O) groups is 1. The molecule has 0 bridgehead atoms. The van der Waals surface area contributed by atoms with E-state index in [9.17, 15) is 9.59 Å². The summed E-state index contributed by atoms with van der Waals surface area (Å²) in [6, 6.07) is 1.75. The Bertz CT molecular complexity index is 755. The lowest BCUT2D eigenvalue weighted by molar-refractivity contribution is 0.0523. The van der Waals surface area contributed by atoms with Gasteiger partial charge in [-0.15, -0.1) is 18.2 Å². The second-order valence-electron chi connectivity index (χ2n) is 3.86. The van der Waals surface area contributed by atoms with E-state index in [0.29, 0.717) is 10.7 Å². The average molecular weight is 291 g/mol. The Morgan fingerprint density at radius 2 is 2.35 bits per heavy atom. The van der Waals surface area contributed by atoms with Gasteiger partial charge in [-0.05, 0) is 13.2 Å². The highest BCUT2D eigenvalue weighted by molar-refractivity contribution is 7.98. The molecule has 2 aromatic rings. The molecule has 0 radical (unpaired) electrons. The predicted octanol–water partition coefficient (Wildman–Crippen LogP) is 1.03. The molecule has 0 aliphatic carbocycles. The van der Waals surface area contributed by atoms with E-state index >= 15 is 0 Å². The number of hydrogen-bond donors (Lipinski definition) is 0. The van der Waals surface area contributed by atoms with Gasteiger partial charge in [0.25, 0.3) is 5.56 Å². The van der Waals surface area contributed by atoms with Crippen molar-refractivity contribution in [1.82, 2.24) is 14.2 Å². The van der Waals surface area contributed by atoms with Crippen LogP contribution in [0.1, 0.15) is 17.3 Å². The number of hydrogen-bond acceptors (Lipinski definition) is 5.